The number of sulfonamides is 1. The Kier molecular flexibility index (Phi) is 7.00. The lowest BCUT2D eigenvalue weighted by molar-refractivity contribution is -0.137. The number of hydrogen-bond acceptors (Lipinski definition) is 4. The number of halogens is 3. The number of carbonyl (C=O) groups is 1. The maximum absolute atomic E-state index is 12.7. The maximum atomic E-state index is 12.7. The fourth-order valence-electron chi connectivity index (χ4n) is 2.88. The zero-order valence-corrected chi connectivity index (χ0v) is 17.1. The highest BCUT2D eigenvalue weighted by Gasteiger charge is 2.30. The highest BCUT2D eigenvalue weighted by molar-refractivity contribution is 7.89. The van der Waals surface area contributed by atoms with Crippen molar-refractivity contribution in [3.8, 4) is 11.8 Å². The second kappa shape index (κ2) is 9.51. The first-order chi connectivity index (χ1) is 14.7. The first-order valence-electron chi connectivity index (χ1n) is 9.30. The summed E-state index contributed by atoms with van der Waals surface area (Å²) >= 11 is 0. The van der Waals surface area contributed by atoms with Crippen LogP contribution in [-0.4, -0.2) is 51.5 Å². The molecular weight excluding hydrogens is 433 g/mol. The number of nitrogens with zero attached hydrogens (tertiary/aromatic N) is 1. The minimum absolute atomic E-state index is 0.00269. The van der Waals surface area contributed by atoms with E-state index in [1.165, 1.54) is 40.7 Å². The van der Waals surface area contributed by atoms with Crippen LogP contribution in [0.25, 0.3) is 0 Å². The summed E-state index contributed by atoms with van der Waals surface area (Å²) in [5, 5.41) is 2.51. The summed E-state index contributed by atoms with van der Waals surface area (Å²) in [6.07, 6.45) is -4.46. The quantitative estimate of drug-likeness (QED) is 0.724. The van der Waals surface area contributed by atoms with Gasteiger partial charge in [-0.15, -0.1) is 0 Å². The third kappa shape index (κ3) is 5.85. The van der Waals surface area contributed by atoms with Crippen molar-refractivity contribution in [1.29, 1.82) is 0 Å². The van der Waals surface area contributed by atoms with Crippen molar-refractivity contribution in [3.05, 3.63) is 65.2 Å². The number of hydrogen-bond donors (Lipinski definition) is 1. The van der Waals surface area contributed by atoms with Gasteiger partial charge in [-0.3, -0.25) is 4.79 Å². The highest BCUT2D eigenvalue weighted by Crippen LogP contribution is 2.29. The Morgan fingerprint density at radius 1 is 1.10 bits per heavy atom. The number of carbonyl (C=O) groups excluding carboxylic acids is 1. The molecule has 0 spiro atoms. The number of ether oxygens (including phenoxy) is 1. The maximum Gasteiger partial charge on any atom is 0.416 e. The van der Waals surface area contributed by atoms with Gasteiger partial charge in [-0.05, 0) is 36.4 Å². The van der Waals surface area contributed by atoms with Crippen LogP contribution in [-0.2, 0) is 20.9 Å². The zero-order valence-electron chi connectivity index (χ0n) is 16.3. The highest BCUT2D eigenvalue weighted by atomic mass is 32.2. The Labute approximate surface area is 178 Å². The molecule has 31 heavy (non-hydrogen) atoms. The molecular formula is C21H19F3N2O4S. The summed E-state index contributed by atoms with van der Waals surface area (Å²) in [4.78, 5) is 12.3. The predicted octanol–water partition coefficient (Wildman–Crippen LogP) is 2.51. The normalized spacial score (nSPS) is 15.1. The molecule has 0 saturated carbocycles. The summed E-state index contributed by atoms with van der Waals surface area (Å²) < 4.78 is 70.1. The van der Waals surface area contributed by atoms with Gasteiger partial charge in [0.1, 0.15) is 0 Å². The second-order valence-electron chi connectivity index (χ2n) is 6.61. The summed E-state index contributed by atoms with van der Waals surface area (Å²) in [6, 6.07) is 10.2. The fourth-order valence-corrected chi connectivity index (χ4v) is 4.33. The zero-order chi connectivity index (χ0) is 22.5. The van der Waals surface area contributed by atoms with E-state index in [2.05, 4.69) is 17.2 Å². The lowest BCUT2D eigenvalue weighted by Crippen LogP contribution is -2.40. The van der Waals surface area contributed by atoms with Crippen LogP contribution in [0.3, 0.4) is 0 Å². The van der Waals surface area contributed by atoms with Crippen LogP contribution in [0.1, 0.15) is 21.5 Å². The molecule has 3 rings (SSSR count). The van der Waals surface area contributed by atoms with Gasteiger partial charge in [-0.1, -0.05) is 24.0 Å². The van der Waals surface area contributed by atoms with Gasteiger partial charge in [-0.2, -0.15) is 17.5 Å². The molecule has 1 saturated heterocycles. The van der Waals surface area contributed by atoms with Gasteiger partial charge in [-0.25, -0.2) is 8.42 Å². The van der Waals surface area contributed by atoms with Gasteiger partial charge < -0.3 is 10.1 Å². The molecule has 1 heterocycles. The van der Waals surface area contributed by atoms with Gasteiger partial charge in [0.2, 0.25) is 10.0 Å². The number of alkyl halides is 3. The van der Waals surface area contributed by atoms with E-state index in [-0.39, 0.29) is 35.7 Å². The van der Waals surface area contributed by atoms with E-state index in [1.54, 1.807) is 0 Å². The standard InChI is InChI=1S/C21H19F3N2O4S/c22-21(23,24)18-7-1-4-16(14-18)5-3-9-25-20(27)17-6-2-8-19(15-17)31(28,29)26-10-12-30-13-11-26/h1-2,4,6-8,14-15H,9-13H2,(H,25,27). The van der Waals surface area contributed by atoms with Crippen LogP contribution in [0.5, 0.6) is 0 Å². The van der Waals surface area contributed by atoms with E-state index in [1.807, 2.05) is 0 Å². The average molecular weight is 452 g/mol. The van der Waals surface area contributed by atoms with Crippen molar-refractivity contribution in [3.63, 3.8) is 0 Å². The number of benzene rings is 2. The van der Waals surface area contributed by atoms with E-state index in [0.717, 1.165) is 12.1 Å². The van der Waals surface area contributed by atoms with Crippen LogP contribution in [0, 0.1) is 11.8 Å². The number of amides is 1. The lowest BCUT2D eigenvalue weighted by atomic mass is 10.1. The minimum atomic E-state index is -4.46. The molecule has 0 bridgehead atoms. The molecule has 0 atom stereocenters. The molecule has 2 aromatic carbocycles. The van der Waals surface area contributed by atoms with Gasteiger partial charge in [0.25, 0.3) is 5.91 Å². The molecule has 6 nitrogen and oxygen atoms in total. The van der Waals surface area contributed by atoms with Gasteiger partial charge in [0.05, 0.1) is 30.2 Å². The second-order valence-corrected chi connectivity index (χ2v) is 8.55. The Hall–Kier alpha value is -2.87. The van der Waals surface area contributed by atoms with Crippen molar-refractivity contribution in [2.45, 2.75) is 11.1 Å². The van der Waals surface area contributed by atoms with Gasteiger partial charge >= 0.3 is 6.18 Å². The van der Waals surface area contributed by atoms with Crippen LogP contribution >= 0.6 is 0 Å². The number of morpholine rings is 1. The SMILES string of the molecule is O=C(NCC#Cc1cccc(C(F)(F)F)c1)c1cccc(S(=O)(=O)N2CCOCC2)c1. The van der Waals surface area contributed by atoms with Crippen LogP contribution in [0.15, 0.2) is 53.4 Å². The molecule has 0 unspecified atom stereocenters. The van der Waals surface area contributed by atoms with Gasteiger partial charge in [0, 0.05) is 24.2 Å². The first kappa shape index (κ1) is 22.8. The minimum Gasteiger partial charge on any atom is -0.379 e. The molecule has 1 amide bonds. The van der Waals surface area contributed by atoms with Crippen molar-refractivity contribution >= 4 is 15.9 Å². The molecule has 2 aromatic rings. The molecule has 164 valence electrons. The van der Waals surface area contributed by atoms with Crippen LogP contribution in [0.4, 0.5) is 13.2 Å². The van der Waals surface area contributed by atoms with E-state index < -0.39 is 27.7 Å². The Morgan fingerprint density at radius 3 is 2.52 bits per heavy atom. The average Bonchev–Trinajstić information content (AvgIpc) is 2.77. The summed E-state index contributed by atoms with van der Waals surface area (Å²) in [5.41, 5.74) is -0.500. The van der Waals surface area contributed by atoms with Crippen molar-refractivity contribution < 1.29 is 31.1 Å². The molecule has 0 radical (unpaired) electrons. The summed E-state index contributed by atoms with van der Waals surface area (Å²) in [6.45, 7) is 0.983. The molecule has 1 aliphatic rings. The van der Waals surface area contributed by atoms with Crippen molar-refractivity contribution in [2.75, 3.05) is 32.8 Å². The van der Waals surface area contributed by atoms with Crippen LogP contribution in [0.2, 0.25) is 0 Å². The first-order valence-corrected chi connectivity index (χ1v) is 10.7. The Morgan fingerprint density at radius 2 is 1.81 bits per heavy atom. The van der Waals surface area contributed by atoms with Crippen LogP contribution < -0.4 is 5.32 Å². The largest absolute Gasteiger partial charge is 0.416 e. The fraction of sp³-hybridized carbons (Fsp3) is 0.286. The molecule has 1 aliphatic heterocycles. The Bertz CT molecular complexity index is 1120. The third-order valence-corrected chi connectivity index (χ3v) is 6.36. The number of rotatable bonds is 4. The molecule has 10 heteroatoms. The third-order valence-electron chi connectivity index (χ3n) is 4.46. The lowest BCUT2D eigenvalue weighted by Gasteiger charge is -2.26. The predicted molar refractivity (Wildman–Crippen MR) is 107 cm³/mol. The van der Waals surface area contributed by atoms with E-state index in [0.29, 0.717) is 13.2 Å². The summed E-state index contributed by atoms with van der Waals surface area (Å²) in [7, 11) is -3.74. The summed E-state index contributed by atoms with van der Waals surface area (Å²) in [5.74, 6) is 4.61. The molecule has 1 fully saturated rings. The molecule has 1 N–H and O–H groups in total. The van der Waals surface area contributed by atoms with E-state index in [9.17, 15) is 26.4 Å². The molecule has 0 aliphatic carbocycles. The van der Waals surface area contributed by atoms with Crippen molar-refractivity contribution in [1.82, 2.24) is 9.62 Å². The monoisotopic (exact) mass is 452 g/mol. The van der Waals surface area contributed by atoms with Crippen molar-refractivity contribution in [2.24, 2.45) is 0 Å². The van der Waals surface area contributed by atoms with Gasteiger partial charge in [0.15, 0.2) is 0 Å². The van der Waals surface area contributed by atoms with E-state index in [4.69, 9.17) is 4.74 Å². The topological polar surface area (TPSA) is 75.7 Å². The smallest absolute Gasteiger partial charge is 0.379 e. The molecule has 0 aromatic heterocycles. The number of nitrogens with one attached hydrogen (secondary N) is 1. The van der Waals surface area contributed by atoms with E-state index >= 15 is 0 Å². The Balaban J connectivity index is 1.65.